The molecule has 0 saturated heterocycles. The first-order valence-corrected chi connectivity index (χ1v) is 9.86. The molecule has 0 amide bonds. The van der Waals surface area contributed by atoms with Crippen LogP contribution in [-0.2, 0) is 6.54 Å². The molecule has 0 saturated carbocycles. The first kappa shape index (κ1) is 17.7. The molecule has 3 aromatic rings. The van der Waals surface area contributed by atoms with Crippen LogP contribution in [0, 0.1) is 0 Å². The van der Waals surface area contributed by atoms with E-state index in [1.165, 1.54) is 37.2 Å². The third-order valence-electron chi connectivity index (χ3n) is 4.32. The summed E-state index contributed by atoms with van der Waals surface area (Å²) in [4.78, 5) is 12.4. The van der Waals surface area contributed by atoms with Crippen molar-refractivity contribution in [3.63, 3.8) is 0 Å². The highest BCUT2D eigenvalue weighted by Crippen LogP contribution is 2.18. The SMILES string of the molecule is CCCCCCCOc1ccc(Cn2sc3ccccc3c2=O)cc1. The number of unbranched alkanes of at least 4 members (excludes halogenated alkanes) is 4. The third kappa shape index (κ3) is 4.73. The summed E-state index contributed by atoms with van der Waals surface area (Å²) in [5.41, 5.74) is 1.21. The van der Waals surface area contributed by atoms with Crippen molar-refractivity contribution >= 4 is 21.6 Å². The summed E-state index contributed by atoms with van der Waals surface area (Å²) in [7, 11) is 0. The fourth-order valence-corrected chi connectivity index (χ4v) is 3.90. The van der Waals surface area contributed by atoms with Gasteiger partial charge in [-0.05, 0) is 36.2 Å². The summed E-state index contributed by atoms with van der Waals surface area (Å²) in [6.07, 6.45) is 6.22. The Balaban J connectivity index is 1.55. The van der Waals surface area contributed by atoms with E-state index in [9.17, 15) is 4.79 Å². The van der Waals surface area contributed by atoms with Crippen molar-refractivity contribution in [1.29, 1.82) is 0 Å². The molecular weight excluding hydrogens is 330 g/mol. The zero-order valence-corrected chi connectivity index (χ0v) is 15.6. The second-order valence-electron chi connectivity index (χ2n) is 6.34. The average Bonchev–Trinajstić information content (AvgIpc) is 2.95. The maximum atomic E-state index is 12.4. The Hall–Kier alpha value is -2.07. The lowest BCUT2D eigenvalue weighted by Crippen LogP contribution is -2.13. The van der Waals surface area contributed by atoms with E-state index >= 15 is 0 Å². The molecule has 3 rings (SSSR count). The number of hydrogen-bond donors (Lipinski definition) is 0. The second kappa shape index (κ2) is 8.86. The first-order valence-electron chi connectivity index (χ1n) is 9.08. The number of rotatable bonds is 9. The third-order valence-corrected chi connectivity index (χ3v) is 5.39. The first-order chi connectivity index (χ1) is 12.3. The van der Waals surface area contributed by atoms with Gasteiger partial charge >= 0.3 is 0 Å². The van der Waals surface area contributed by atoms with Gasteiger partial charge in [0.25, 0.3) is 5.56 Å². The summed E-state index contributed by atoms with van der Waals surface area (Å²) in [5.74, 6) is 0.905. The van der Waals surface area contributed by atoms with Crippen molar-refractivity contribution in [2.45, 2.75) is 45.6 Å². The molecule has 0 fully saturated rings. The molecule has 0 atom stereocenters. The predicted octanol–water partition coefficient (Wildman–Crippen LogP) is 5.46. The van der Waals surface area contributed by atoms with Gasteiger partial charge in [-0.1, -0.05) is 68.4 Å². The molecule has 0 bridgehead atoms. The summed E-state index contributed by atoms with van der Waals surface area (Å²) >= 11 is 1.52. The molecule has 1 heterocycles. The molecule has 0 aliphatic carbocycles. The molecular formula is C21H25NO2S. The van der Waals surface area contributed by atoms with Crippen molar-refractivity contribution in [2.75, 3.05) is 6.61 Å². The van der Waals surface area contributed by atoms with Gasteiger partial charge < -0.3 is 4.74 Å². The fourth-order valence-electron chi connectivity index (χ4n) is 2.87. The lowest BCUT2D eigenvalue weighted by molar-refractivity contribution is 0.304. The molecule has 0 N–H and O–H groups in total. The standard InChI is InChI=1S/C21H25NO2S/c1-2-3-4-5-8-15-24-18-13-11-17(12-14-18)16-22-21(23)19-9-6-7-10-20(19)25-22/h6-7,9-14H,2-5,8,15-16H2,1H3. The Kier molecular flexibility index (Phi) is 6.29. The number of hydrogen-bond acceptors (Lipinski definition) is 3. The van der Waals surface area contributed by atoms with Gasteiger partial charge in [0.1, 0.15) is 5.75 Å². The van der Waals surface area contributed by atoms with E-state index in [1.807, 2.05) is 52.5 Å². The number of fused-ring (bicyclic) bond motifs is 1. The van der Waals surface area contributed by atoms with E-state index in [4.69, 9.17) is 4.74 Å². The van der Waals surface area contributed by atoms with Crippen LogP contribution in [0.1, 0.15) is 44.6 Å². The van der Waals surface area contributed by atoms with Crippen molar-refractivity contribution < 1.29 is 4.74 Å². The van der Waals surface area contributed by atoms with Gasteiger partial charge in [-0.25, -0.2) is 0 Å². The Labute approximate surface area is 153 Å². The Bertz CT molecular complexity index is 848. The smallest absolute Gasteiger partial charge is 0.268 e. The van der Waals surface area contributed by atoms with Gasteiger partial charge in [0.05, 0.1) is 23.2 Å². The Morgan fingerprint density at radius 2 is 1.72 bits per heavy atom. The minimum atomic E-state index is 0.0907. The molecule has 1 aromatic heterocycles. The van der Waals surface area contributed by atoms with E-state index in [1.54, 1.807) is 0 Å². The number of nitrogens with zero attached hydrogens (tertiary/aromatic N) is 1. The molecule has 0 aliphatic heterocycles. The van der Waals surface area contributed by atoms with Crippen molar-refractivity contribution in [3.8, 4) is 5.75 Å². The van der Waals surface area contributed by atoms with Crippen molar-refractivity contribution in [3.05, 3.63) is 64.4 Å². The summed E-state index contributed by atoms with van der Waals surface area (Å²) in [6, 6.07) is 15.9. The lowest BCUT2D eigenvalue weighted by Gasteiger charge is -2.07. The van der Waals surface area contributed by atoms with E-state index in [0.29, 0.717) is 6.54 Å². The Morgan fingerprint density at radius 1 is 0.960 bits per heavy atom. The minimum Gasteiger partial charge on any atom is -0.494 e. The van der Waals surface area contributed by atoms with Gasteiger partial charge in [0, 0.05) is 0 Å². The van der Waals surface area contributed by atoms with Crippen LogP contribution in [0.5, 0.6) is 5.75 Å². The van der Waals surface area contributed by atoms with Crippen LogP contribution in [-0.4, -0.2) is 10.6 Å². The van der Waals surface area contributed by atoms with Crippen LogP contribution in [0.2, 0.25) is 0 Å². The maximum Gasteiger partial charge on any atom is 0.268 e. The minimum absolute atomic E-state index is 0.0907. The highest BCUT2D eigenvalue weighted by atomic mass is 32.1. The van der Waals surface area contributed by atoms with Gasteiger partial charge in [0.15, 0.2) is 0 Å². The monoisotopic (exact) mass is 355 g/mol. The average molecular weight is 356 g/mol. The molecule has 0 radical (unpaired) electrons. The largest absolute Gasteiger partial charge is 0.494 e. The highest BCUT2D eigenvalue weighted by molar-refractivity contribution is 7.13. The van der Waals surface area contributed by atoms with E-state index in [2.05, 4.69) is 6.92 Å². The number of aromatic nitrogens is 1. The molecule has 0 spiro atoms. The van der Waals surface area contributed by atoms with E-state index < -0.39 is 0 Å². The molecule has 132 valence electrons. The van der Waals surface area contributed by atoms with Crippen LogP contribution < -0.4 is 10.3 Å². The maximum absolute atomic E-state index is 12.4. The van der Waals surface area contributed by atoms with Crippen LogP contribution in [0.25, 0.3) is 10.1 Å². The zero-order valence-electron chi connectivity index (χ0n) is 14.7. The zero-order chi connectivity index (χ0) is 17.5. The number of ether oxygens (including phenoxy) is 1. The summed E-state index contributed by atoms with van der Waals surface area (Å²) in [6.45, 7) is 3.61. The molecule has 4 heteroatoms. The van der Waals surface area contributed by atoms with Crippen molar-refractivity contribution in [2.24, 2.45) is 0 Å². The van der Waals surface area contributed by atoms with Crippen LogP contribution in [0.4, 0.5) is 0 Å². The fraction of sp³-hybridized carbons (Fsp3) is 0.381. The van der Waals surface area contributed by atoms with Gasteiger partial charge in [-0.15, -0.1) is 0 Å². The van der Waals surface area contributed by atoms with Gasteiger partial charge in [0.2, 0.25) is 0 Å². The van der Waals surface area contributed by atoms with Crippen LogP contribution >= 0.6 is 11.5 Å². The summed E-state index contributed by atoms with van der Waals surface area (Å²) < 4.78 is 8.65. The topological polar surface area (TPSA) is 31.2 Å². The van der Waals surface area contributed by atoms with Crippen LogP contribution in [0.3, 0.4) is 0 Å². The van der Waals surface area contributed by atoms with Crippen molar-refractivity contribution in [1.82, 2.24) is 3.96 Å². The summed E-state index contributed by atoms with van der Waals surface area (Å²) in [5, 5.41) is 0.801. The van der Waals surface area contributed by atoms with Gasteiger partial charge in [-0.3, -0.25) is 8.75 Å². The molecule has 2 aromatic carbocycles. The second-order valence-corrected chi connectivity index (χ2v) is 7.40. The lowest BCUT2D eigenvalue weighted by atomic mass is 10.2. The van der Waals surface area contributed by atoms with E-state index in [0.717, 1.165) is 34.4 Å². The van der Waals surface area contributed by atoms with Crippen LogP contribution in [0.15, 0.2) is 53.3 Å². The number of benzene rings is 2. The molecule has 3 nitrogen and oxygen atoms in total. The normalized spacial score (nSPS) is 11.1. The molecule has 0 aliphatic rings. The molecule has 25 heavy (non-hydrogen) atoms. The van der Waals surface area contributed by atoms with Gasteiger partial charge in [-0.2, -0.15) is 0 Å². The highest BCUT2D eigenvalue weighted by Gasteiger charge is 2.07. The molecule has 0 unspecified atom stereocenters. The predicted molar refractivity (Wildman–Crippen MR) is 106 cm³/mol. The van der Waals surface area contributed by atoms with E-state index in [-0.39, 0.29) is 5.56 Å². The Morgan fingerprint density at radius 3 is 2.48 bits per heavy atom. The quantitative estimate of drug-likeness (QED) is 0.477.